The van der Waals surface area contributed by atoms with Gasteiger partial charge in [0, 0.05) is 11.3 Å². The lowest BCUT2D eigenvalue weighted by Gasteiger charge is -2.08. The summed E-state index contributed by atoms with van der Waals surface area (Å²) in [4.78, 5) is 24.1. The van der Waals surface area contributed by atoms with Crippen LogP contribution in [0.15, 0.2) is 48.5 Å². The first-order valence-electron chi connectivity index (χ1n) is 8.04. The molecule has 2 aromatic carbocycles. The summed E-state index contributed by atoms with van der Waals surface area (Å²) in [7, 11) is -3.38. The number of esters is 1. The van der Waals surface area contributed by atoms with Gasteiger partial charge in [0.15, 0.2) is 12.4 Å². The van der Waals surface area contributed by atoms with E-state index in [9.17, 15) is 18.0 Å². The third-order valence-corrected chi connectivity index (χ3v) is 4.26. The van der Waals surface area contributed by atoms with E-state index in [0.29, 0.717) is 22.7 Å². The van der Waals surface area contributed by atoms with E-state index in [1.54, 1.807) is 12.1 Å². The zero-order valence-corrected chi connectivity index (χ0v) is 15.7. The minimum atomic E-state index is -3.38. The Kier molecular flexibility index (Phi) is 6.15. The Morgan fingerprint density at radius 1 is 0.962 bits per heavy atom. The van der Waals surface area contributed by atoms with Gasteiger partial charge in [0.25, 0.3) is 0 Å². The lowest BCUT2D eigenvalue weighted by atomic mass is 10.0. The van der Waals surface area contributed by atoms with Crippen LogP contribution < -0.4 is 4.72 Å². The van der Waals surface area contributed by atoms with Crippen molar-refractivity contribution in [3.63, 3.8) is 0 Å². The fourth-order valence-corrected chi connectivity index (χ4v) is 2.80. The minimum absolute atomic E-state index is 0.326. The Hall–Kier alpha value is -2.67. The number of benzene rings is 2. The van der Waals surface area contributed by atoms with Crippen molar-refractivity contribution >= 4 is 27.5 Å². The summed E-state index contributed by atoms with van der Waals surface area (Å²) in [6.07, 6.45) is 1.04. The van der Waals surface area contributed by atoms with Gasteiger partial charge in [-0.05, 0) is 47.9 Å². The number of rotatable bonds is 7. The molecule has 7 heteroatoms. The first kappa shape index (κ1) is 19.7. The Morgan fingerprint density at radius 2 is 1.50 bits per heavy atom. The quantitative estimate of drug-likeness (QED) is 0.593. The SMILES string of the molecule is CC(C)c1ccc(C(=O)OCC(=O)c2ccc(NS(C)(=O)=O)cc2)cc1. The lowest BCUT2D eigenvalue weighted by molar-refractivity contribution is 0.0474. The molecule has 138 valence electrons. The number of sulfonamides is 1. The molecule has 0 amide bonds. The van der Waals surface area contributed by atoms with E-state index in [0.717, 1.165) is 11.8 Å². The molecule has 0 aliphatic carbocycles. The molecule has 0 saturated heterocycles. The van der Waals surface area contributed by atoms with Crippen molar-refractivity contribution in [1.82, 2.24) is 0 Å². The summed E-state index contributed by atoms with van der Waals surface area (Å²) in [6, 6.07) is 13.0. The third-order valence-electron chi connectivity index (χ3n) is 3.66. The lowest BCUT2D eigenvalue weighted by Crippen LogP contribution is -2.14. The van der Waals surface area contributed by atoms with Crippen LogP contribution in [-0.2, 0) is 14.8 Å². The molecule has 26 heavy (non-hydrogen) atoms. The molecule has 0 bridgehead atoms. The van der Waals surface area contributed by atoms with Crippen molar-refractivity contribution in [1.29, 1.82) is 0 Å². The summed E-state index contributed by atoms with van der Waals surface area (Å²) in [5.74, 6) is -0.575. The Bertz CT molecular complexity index is 885. The number of Topliss-reactive ketones (excluding diaryl/α,β-unsaturated/α-hetero) is 1. The number of anilines is 1. The predicted molar refractivity (Wildman–Crippen MR) is 100 cm³/mol. The van der Waals surface area contributed by atoms with Gasteiger partial charge in [0.2, 0.25) is 10.0 Å². The van der Waals surface area contributed by atoms with Crippen LogP contribution in [0.5, 0.6) is 0 Å². The van der Waals surface area contributed by atoms with E-state index < -0.39 is 16.0 Å². The van der Waals surface area contributed by atoms with E-state index in [4.69, 9.17) is 4.74 Å². The number of hydrogen-bond acceptors (Lipinski definition) is 5. The van der Waals surface area contributed by atoms with E-state index in [2.05, 4.69) is 18.6 Å². The average molecular weight is 375 g/mol. The minimum Gasteiger partial charge on any atom is -0.454 e. The van der Waals surface area contributed by atoms with Gasteiger partial charge in [-0.2, -0.15) is 0 Å². The molecule has 0 atom stereocenters. The predicted octanol–water partition coefficient (Wildman–Crippen LogP) is 3.22. The number of hydrogen-bond donors (Lipinski definition) is 1. The number of ketones is 1. The number of ether oxygens (including phenoxy) is 1. The van der Waals surface area contributed by atoms with Crippen molar-refractivity contribution < 1.29 is 22.7 Å². The fourth-order valence-electron chi connectivity index (χ4n) is 2.24. The zero-order valence-electron chi connectivity index (χ0n) is 14.9. The van der Waals surface area contributed by atoms with Crippen molar-refractivity contribution in [3.05, 3.63) is 65.2 Å². The Labute approximate surface area is 153 Å². The highest BCUT2D eigenvalue weighted by Gasteiger charge is 2.12. The molecule has 2 rings (SSSR count). The molecule has 0 fully saturated rings. The number of carbonyl (C=O) groups is 2. The van der Waals surface area contributed by atoms with Gasteiger partial charge in [0.1, 0.15) is 0 Å². The molecule has 0 aliphatic heterocycles. The summed E-state index contributed by atoms with van der Waals surface area (Å²) >= 11 is 0. The van der Waals surface area contributed by atoms with Crippen molar-refractivity contribution in [2.75, 3.05) is 17.6 Å². The summed E-state index contributed by atoms with van der Waals surface area (Å²) < 4.78 is 29.7. The number of nitrogens with one attached hydrogen (secondary N) is 1. The van der Waals surface area contributed by atoms with E-state index in [-0.39, 0.29) is 12.4 Å². The van der Waals surface area contributed by atoms with Crippen LogP contribution in [0.1, 0.15) is 46.0 Å². The van der Waals surface area contributed by atoms with Crippen LogP contribution in [0.25, 0.3) is 0 Å². The summed E-state index contributed by atoms with van der Waals surface area (Å²) in [5, 5.41) is 0. The molecular formula is C19H21NO5S. The average Bonchev–Trinajstić information content (AvgIpc) is 2.58. The van der Waals surface area contributed by atoms with E-state index in [1.807, 2.05) is 12.1 Å². The second-order valence-corrected chi connectivity index (χ2v) is 7.98. The molecule has 0 radical (unpaired) electrons. The maximum atomic E-state index is 12.1. The highest BCUT2D eigenvalue weighted by molar-refractivity contribution is 7.92. The second kappa shape index (κ2) is 8.14. The molecule has 2 aromatic rings. The molecule has 0 unspecified atom stereocenters. The van der Waals surface area contributed by atoms with Gasteiger partial charge in [-0.1, -0.05) is 26.0 Å². The summed E-state index contributed by atoms with van der Waals surface area (Å²) in [5.41, 5.74) is 2.17. The van der Waals surface area contributed by atoms with Gasteiger partial charge in [-0.25, -0.2) is 13.2 Å². The van der Waals surface area contributed by atoms with E-state index in [1.165, 1.54) is 24.3 Å². The molecular weight excluding hydrogens is 354 g/mol. The Balaban J connectivity index is 1.94. The van der Waals surface area contributed by atoms with Crippen LogP contribution in [0, 0.1) is 0 Å². The maximum Gasteiger partial charge on any atom is 0.338 e. The van der Waals surface area contributed by atoms with Crippen LogP contribution in [-0.4, -0.2) is 33.0 Å². The zero-order chi connectivity index (χ0) is 19.3. The fraction of sp³-hybridized carbons (Fsp3) is 0.263. The molecule has 0 heterocycles. The standard InChI is InChI=1S/C19H21NO5S/c1-13(2)14-4-6-16(7-5-14)19(22)25-12-18(21)15-8-10-17(11-9-15)20-26(3,23)24/h4-11,13,20H,12H2,1-3H3. The van der Waals surface area contributed by atoms with Crippen molar-refractivity contribution in [3.8, 4) is 0 Å². The van der Waals surface area contributed by atoms with Crippen LogP contribution in [0.2, 0.25) is 0 Å². The molecule has 0 saturated carbocycles. The first-order chi connectivity index (χ1) is 12.2. The molecule has 0 aliphatic rings. The van der Waals surface area contributed by atoms with Gasteiger partial charge >= 0.3 is 5.97 Å². The molecule has 1 N–H and O–H groups in total. The van der Waals surface area contributed by atoms with Crippen LogP contribution in [0.4, 0.5) is 5.69 Å². The smallest absolute Gasteiger partial charge is 0.338 e. The topological polar surface area (TPSA) is 89.5 Å². The monoisotopic (exact) mass is 375 g/mol. The molecule has 0 aromatic heterocycles. The second-order valence-electron chi connectivity index (χ2n) is 6.23. The largest absolute Gasteiger partial charge is 0.454 e. The van der Waals surface area contributed by atoms with Crippen LogP contribution in [0.3, 0.4) is 0 Å². The van der Waals surface area contributed by atoms with E-state index >= 15 is 0 Å². The molecule has 0 spiro atoms. The Morgan fingerprint density at radius 3 is 2.00 bits per heavy atom. The third kappa shape index (κ3) is 5.70. The van der Waals surface area contributed by atoms with Gasteiger partial charge in [0.05, 0.1) is 11.8 Å². The van der Waals surface area contributed by atoms with Gasteiger partial charge < -0.3 is 4.74 Å². The highest BCUT2D eigenvalue weighted by Crippen LogP contribution is 2.15. The van der Waals surface area contributed by atoms with Crippen LogP contribution >= 0.6 is 0 Å². The molecule has 6 nitrogen and oxygen atoms in total. The van der Waals surface area contributed by atoms with Crippen molar-refractivity contribution in [2.24, 2.45) is 0 Å². The maximum absolute atomic E-state index is 12.1. The normalized spacial score (nSPS) is 11.2. The first-order valence-corrected chi connectivity index (χ1v) is 9.93. The van der Waals surface area contributed by atoms with Gasteiger partial charge in [-0.3, -0.25) is 9.52 Å². The number of carbonyl (C=O) groups excluding carboxylic acids is 2. The summed E-state index contributed by atoms with van der Waals surface area (Å²) in [6.45, 7) is 3.73. The van der Waals surface area contributed by atoms with Gasteiger partial charge in [-0.15, -0.1) is 0 Å². The van der Waals surface area contributed by atoms with Crippen molar-refractivity contribution in [2.45, 2.75) is 19.8 Å². The highest BCUT2D eigenvalue weighted by atomic mass is 32.2.